The van der Waals surface area contributed by atoms with E-state index in [2.05, 4.69) is 0 Å². The molecule has 1 aromatic rings. The molecule has 1 aromatic carbocycles. The average Bonchev–Trinajstić information content (AvgIpc) is 2.63. The first-order valence-corrected chi connectivity index (χ1v) is 6.64. The molecule has 0 saturated carbocycles. The fourth-order valence-corrected chi connectivity index (χ4v) is 2.65. The van der Waals surface area contributed by atoms with Crippen molar-refractivity contribution in [2.24, 2.45) is 0 Å². The molecule has 19 heavy (non-hydrogen) atoms. The van der Waals surface area contributed by atoms with Gasteiger partial charge in [-0.05, 0) is 31.0 Å². The van der Waals surface area contributed by atoms with Crippen molar-refractivity contribution in [3.05, 3.63) is 23.8 Å². The van der Waals surface area contributed by atoms with Gasteiger partial charge in [0, 0.05) is 12.2 Å². The summed E-state index contributed by atoms with van der Waals surface area (Å²) in [5.74, 6) is -0.962. The van der Waals surface area contributed by atoms with Crippen molar-refractivity contribution in [3.63, 3.8) is 0 Å². The van der Waals surface area contributed by atoms with Crippen molar-refractivity contribution < 1.29 is 15.0 Å². The van der Waals surface area contributed by atoms with Gasteiger partial charge in [0.2, 0.25) is 0 Å². The number of anilines is 2. The maximum absolute atomic E-state index is 11.3. The molecule has 0 aromatic heterocycles. The van der Waals surface area contributed by atoms with E-state index in [1.165, 1.54) is 6.07 Å². The Morgan fingerprint density at radius 1 is 1.37 bits per heavy atom. The highest BCUT2D eigenvalue weighted by molar-refractivity contribution is 5.95. The first-order valence-electron chi connectivity index (χ1n) is 6.64. The largest absolute Gasteiger partial charge is 0.478 e. The maximum atomic E-state index is 11.3. The van der Waals surface area contributed by atoms with E-state index < -0.39 is 5.97 Å². The topological polar surface area (TPSA) is 86.8 Å². The van der Waals surface area contributed by atoms with Crippen molar-refractivity contribution in [3.8, 4) is 0 Å². The van der Waals surface area contributed by atoms with Crippen LogP contribution in [0.5, 0.6) is 0 Å². The molecule has 104 valence electrons. The Bertz CT molecular complexity index is 462. The summed E-state index contributed by atoms with van der Waals surface area (Å²) >= 11 is 0. The SMILES string of the molecule is Nc1ccc(C(=O)O)c(N2CCCCCC2CO)c1. The van der Waals surface area contributed by atoms with E-state index in [0.717, 1.165) is 32.2 Å². The van der Waals surface area contributed by atoms with Crippen LogP contribution in [0.2, 0.25) is 0 Å². The number of nitrogen functional groups attached to an aromatic ring is 1. The molecule has 1 atom stereocenters. The Balaban J connectivity index is 2.42. The van der Waals surface area contributed by atoms with Gasteiger partial charge in [0.1, 0.15) is 0 Å². The number of benzene rings is 1. The Morgan fingerprint density at radius 3 is 2.84 bits per heavy atom. The first kappa shape index (κ1) is 13.7. The molecule has 0 amide bonds. The number of rotatable bonds is 3. The monoisotopic (exact) mass is 264 g/mol. The highest BCUT2D eigenvalue weighted by atomic mass is 16.4. The van der Waals surface area contributed by atoms with Gasteiger partial charge in [-0.25, -0.2) is 4.79 Å². The van der Waals surface area contributed by atoms with Crippen molar-refractivity contribution in [2.75, 3.05) is 23.8 Å². The predicted octanol–water partition coefficient (Wildman–Crippen LogP) is 1.71. The van der Waals surface area contributed by atoms with Crippen LogP contribution in [0.25, 0.3) is 0 Å². The van der Waals surface area contributed by atoms with E-state index in [0.29, 0.717) is 11.4 Å². The molecule has 1 aliphatic heterocycles. The Kier molecular flexibility index (Phi) is 4.27. The zero-order chi connectivity index (χ0) is 13.8. The summed E-state index contributed by atoms with van der Waals surface area (Å²) in [4.78, 5) is 13.3. The summed E-state index contributed by atoms with van der Waals surface area (Å²) in [5.41, 5.74) is 7.18. The van der Waals surface area contributed by atoms with Crippen molar-refractivity contribution in [1.82, 2.24) is 0 Å². The Labute approximate surface area is 112 Å². The van der Waals surface area contributed by atoms with Crippen LogP contribution in [0.3, 0.4) is 0 Å². The molecule has 4 N–H and O–H groups in total. The van der Waals surface area contributed by atoms with Crippen molar-refractivity contribution >= 4 is 17.3 Å². The summed E-state index contributed by atoms with van der Waals surface area (Å²) in [7, 11) is 0. The number of carboxylic acids is 1. The van der Waals surface area contributed by atoms with Gasteiger partial charge in [-0.1, -0.05) is 12.8 Å². The van der Waals surface area contributed by atoms with Crippen LogP contribution in [0.15, 0.2) is 18.2 Å². The van der Waals surface area contributed by atoms with Crippen LogP contribution in [-0.2, 0) is 0 Å². The predicted molar refractivity (Wildman–Crippen MR) is 74.5 cm³/mol. The van der Waals surface area contributed by atoms with E-state index in [-0.39, 0.29) is 18.2 Å². The number of nitrogens with zero attached hydrogens (tertiary/aromatic N) is 1. The number of nitrogens with two attached hydrogens (primary N) is 1. The van der Waals surface area contributed by atoms with Crippen LogP contribution in [0.1, 0.15) is 36.0 Å². The van der Waals surface area contributed by atoms with E-state index >= 15 is 0 Å². The second-order valence-corrected chi connectivity index (χ2v) is 4.96. The number of aliphatic hydroxyl groups excluding tert-OH is 1. The number of aromatic carboxylic acids is 1. The normalized spacial score (nSPS) is 20.1. The van der Waals surface area contributed by atoms with Gasteiger partial charge in [0.25, 0.3) is 0 Å². The van der Waals surface area contributed by atoms with Gasteiger partial charge in [0.15, 0.2) is 0 Å². The fraction of sp³-hybridized carbons (Fsp3) is 0.500. The molecule has 2 rings (SSSR count). The van der Waals surface area contributed by atoms with Crippen LogP contribution >= 0.6 is 0 Å². The molecule has 1 aliphatic rings. The molecule has 5 nitrogen and oxygen atoms in total. The van der Waals surface area contributed by atoms with Crippen LogP contribution in [0.4, 0.5) is 11.4 Å². The molecule has 1 heterocycles. The number of hydrogen-bond donors (Lipinski definition) is 3. The van der Waals surface area contributed by atoms with E-state index in [4.69, 9.17) is 5.73 Å². The van der Waals surface area contributed by atoms with Gasteiger partial charge in [-0.3, -0.25) is 0 Å². The molecule has 1 saturated heterocycles. The summed E-state index contributed by atoms with van der Waals surface area (Å²) in [6, 6.07) is 4.80. The minimum atomic E-state index is -0.962. The lowest BCUT2D eigenvalue weighted by Crippen LogP contribution is -2.38. The average molecular weight is 264 g/mol. The zero-order valence-electron chi connectivity index (χ0n) is 10.9. The van der Waals surface area contributed by atoms with E-state index in [9.17, 15) is 15.0 Å². The number of carboxylic acid groups (broad SMARTS) is 1. The van der Waals surface area contributed by atoms with E-state index in [1.54, 1.807) is 12.1 Å². The second-order valence-electron chi connectivity index (χ2n) is 4.96. The minimum absolute atomic E-state index is 0.0256. The standard InChI is InChI=1S/C14H20N2O3/c15-10-5-6-12(14(18)19)13(8-10)16-7-3-1-2-4-11(16)9-17/h5-6,8,11,17H,1-4,7,9,15H2,(H,18,19). The molecule has 5 heteroatoms. The molecule has 1 fully saturated rings. The molecular formula is C14H20N2O3. The van der Waals surface area contributed by atoms with Gasteiger partial charge in [-0.15, -0.1) is 0 Å². The van der Waals surface area contributed by atoms with Crippen LogP contribution < -0.4 is 10.6 Å². The zero-order valence-corrected chi connectivity index (χ0v) is 10.9. The van der Waals surface area contributed by atoms with Crippen molar-refractivity contribution in [2.45, 2.75) is 31.7 Å². The lowest BCUT2D eigenvalue weighted by atomic mass is 10.1. The molecular weight excluding hydrogens is 244 g/mol. The molecule has 0 bridgehead atoms. The quantitative estimate of drug-likeness (QED) is 0.723. The van der Waals surface area contributed by atoms with Gasteiger partial charge in [-0.2, -0.15) is 0 Å². The van der Waals surface area contributed by atoms with E-state index in [1.807, 2.05) is 4.90 Å². The third-order valence-electron chi connectivity index (χ3n) is 3.65. The Hall–Kier alpha value is -1.75. The number of aliphatic hydroxyl groups is 1. The minimum Gasteiger partial charge on any atom is -0.478 e. The van der Waals surface area contributed by atoms with Crippen molar-refractivity contribution in [1.29, 1.82) is 0 Å². The lowest BCUT2D eigenvalue weighted by Gasteiger charge is -2.32. The second kappa shape index (κ2) is 5.93. The third-order valence-corrected chi connectivity index (χ3v) is 3.65. The lowest BCUT2D eigenvalue weighted by molar-refractivity contribution is 0.0697. The summed E-state index contributed by atoms with van der Waals surface area (Å²) < 4.78 is 0. The summed E-state index contributed by atoms with van der Waals surface area (Å²) in [6.45, 7) is 0.794. The Morgan fingerprint density at radius 2 is 2.16 bits per heavy atom. The highest BCUT2D eigenvalue weighted by Gasteiger charge is 2.24. The van der Waals surface area contributed by atoms with Gasteiger partial charge >= 0.3 is 5.97 Å². The van der Waals surface area contributed by atoms with Crippen LogP contribution in [-0.4, -0.2) is 35.4 Å². The van der Waals surface area contributed by atoms with Gasteiger partial charge in [0.05, 0.1) is 23.9 Å². The third kappa shape index (κ3) is 2.98. The first-order chi connectivity index (χ1) is 9.13. The fourth-order valence-electron chi connectivity index (χ4n) is 2.65. The van der Waals surface area contributed by atoms with Crippen LogP contribution in [0, 0.1) is 0 Å². The van der Waals surface area contributed by atoms with Gasteiger partial charge < -0.3 is 20.8 Å². The summed E-state index contributed by atoms with van der Waals surface area (Å²) in [6.07, 6.45) is 4.05. The molecule has 0 radical (unpaired) electrons. The number of hydrogen-bond acceptors (Lipinski definition) is 4. The molecule has 0 spiro atoms. The summed E-state index contributed by atoms with van der Waals surface area (Å²) in [5, 5.41) is 18.8. The number of carbonyl (C=O) groups is 1. The highest BCUT2D eigenvalue weighted by Crippen LogP contribution is 2.29. The maximum Gasteiger partial charge on any atom is 0.337 e. The molecule has 1 unspecified atom stereocenters. The smallest absolute Gasteiger partial charge is 0.337 e. The molecule has 0 aliphatic carbocycles.